The van der Waals surface area contributed by atoms with Crippen molar-refractivity contribution in [2.45, 2.75) is 97.1 Å². The van der Waals surface area contributed by atoms with Crippen molar-refractivity contribution in [3.05, 3.63) is 0 Å². The zero-order valence-corrected chi connectivity index (χ0v) is 13.5. The number of unbranched alkanes of at least 4 members (excludes halogenated alkanes) is 4. The van der Waals surface area contributed by atoms with Crippen LogP contribution in [-0.2, 0) is 0 Å². The molecule has 0 aromatic rings. The smallest absolute Gasteiger partial charge is 0.00722 e. The summed E-state index contributed by atoms with van der Waals surface area (Å²) in [4.78, 5) is 0. The molecule has 0 saturated heterocycles. The van der Waals surface area contributed by atoms with Crippen LogP contribution in [0.2, 0.25) is 0 Å². The molecule has 2 aliphatic carbocycles. The lowest BCUT2D eigenvalue weighted by Gasteiger charge is -2.31. The van der Waals surface area contributed by atoms with Crippen molar-refractivity contribution in [3.63, 3.8) is 0 Å². The van der Waals surface area contributed by atoms with Gasteiger partial charge in [-0.2, -0.15) is 0 Å². The molecular formula is C18H35N. The van der Waals surface area contributed by atoms with Gasteiger partial charge in [0.15, 0.2) is 0 Å². The number of hydrogen-bond acceptors (Lipinski definition) is 1. The van der Waals surface area contributed by atoms with Crippen LogP contribution in [-0.4, -0.2) is 12.1 Å². The molecule has 2 aliphatic rings. The summed E-state index contributed by atoms with van der Waals surface area (Å²) in [5, 5.41) is 3.90. The molecule has 0 amide bonds. The van der Waals surface area contributed by atoms with Gasteiger partial charge in [-0.05, 0) is 57.3 Å². The molecule has 1 heteroatoms. The molecule has 2 bridgehead atoms. The Balaban J connectivity index is 1.58. The molecule has 0 spiro atoms. The van der Waals surface area contributed by atoms with E-state index in [9.17, 15) is 0 Å². The Morgan fingerprint density at radius 2 is 1.79 bits per heavy atom. The second-order valence-corrected chi connectivity index (χ2v) is 7.40. The van der Waals surface area contributed by atoms with E-state index in [0.717, 1.165) is 29.8 Å². The van der Waals surface area contributed by atoms with Crippen LogP contribution in [0.4, 0.5) is 0 Å². The minimum Gasteiger partial charge on any atom is -0.311 e. The summed E-state index contributed by atoms with van der Waals surface area (Å²) in [6.45, 7) is 7.13. The fraction of sp³-hybridized carbons (Fsp3) is 1.00. The van der Waals surface area contributed by atoms with Crippen molar-refractivity contribution in [2.24, 2.45) is 17.8 Å². The van der Waals surface area contributed by atoms with E-state index in [-0.39, 0.29) is 0 Å². The van der Waals surface area contributed by atoms with E-state index >= 15 is 0 Å². The summed E-state index contributed by atoms with van der Waals surface area (Å²) >= 11 is 0. The summed E-state index contributed by atoms with van der Waals surface area (Å²) in [7, 11) is 0. The number of nitrogens with one attached hydrogen (secondary N) is 1. The quantitative estimate of drug-likeness (QED) is 0.568. The Kier molecular flexibility index (Phi) is 6.19. The largest absolute Gasteiger partial charge is 0.311 e. The van der Waals surface area contributed by atoms with Crippen molar-refractivity contribution in [2.75, 3.05) is 0 Å². The van der Waals surface area contributed by atoms with Crippen molar-refractivity contribution in [1.82, 2.24) is 5.32 Å². The number of hydrogen-bond donors (Lipinski definition) is 1. The highest BCUT2D eigenvalue weighted by Gasteiger charge is 2.41. The lowest BCUT2D eigenvalue weighted by atomic mass is 9.83. The first kappa shape index (κ1) is 15.4. The summed E-state index contributed by atoms with van der Waals surface area (Å²) < 4.78 is 0. The third-order valence-corrected chi connectivity index (χ3v) is 5.72. The maximum absolute atomic E-state index is 3.90. The second kappa shape index (κ2) is 7.67. The molecule has 5 atom stereocenters. The van der Waals surface area contributed by atoms with Crippen molar-refractivity contribution < 1.29 is 0 Å². The number of rotatable bonds is 9. The standard InChI is InChI=1S/C18H35N/c1-4-5-6-7-8-9-14(2)19-15(3)18-13-16-10-11-17(18)12-16/h14-19H,4-13H2,1-3H3. The molecule has 1 N–H and O–H groups in total. The Morgan fingerprint density at radius 1 is 1.00 bits per heavy atom. The van der Waals surface area contributed by atoms with Crippen LogP contribution in [0.25, 0.3) is 0 Å². The molecule has 2 fully saturated rings. The molecule has 5 unspecified atom stereocenters. The zero-order valence-electron chi connectivity index (χ0n) is 13.5. The molecule has 0 aromatic carbocycles. The molecule has 112 valence electrons. The molecule has 1 nitrogen and oxygen atoms in total. The molecule has 0 radical (unpaired) electrons. The zero-order chi connectivity index (χ0) is 13.7. The van der Waals surface area contributed by atoms with Crippen LogP contribution >= 0.6 is 0 Å². The fourth-order valence-electron chi connectivity index (χ4n) is 4.62. The average Bonchev–Trinajstić information content (AvgIpc) is 3.00. The first-order chi connectivity index (χ1) is 9.20. The third kappa shape index (κ3) is 4.48. The fourth-order valence-corrected chi connectivity index (χ4v) is 4.62. The predicted octanol–water partition coefficient (Wildman–Crippen LogP) is 5.15. The van der Waals surface area contributed by atoms with Gasteiger partial charge in [-0.3, -0.25) is 0 Å². The minimum absolute atomic E-state index is 0.718. The van der Waals surface area contributed by atoms with E-state index < -0.39 is 0 Å². The maximum Gasteiger partial charge on any atom is 0.00722 e. The van der Waals surface area contributed by atoms with Gasteiger partial charge in [-0.1, -0.05) is 45.4 Å². The molecule has 2 saturated carbocycles. The molecule has 19 heavy (non-hydrogen) atoms. The molecular weight excluding hydrogens is 230 g/mol. The normalized spacial score (nSPS) is 32.7. The van der Waals surface area contributed by atoms with E-state index in [1.807, 2.05) is 0 Å². The first-order valence-corrected chi connectivity index (χ1v) is 8.96. The highest BCUT2D eigenvalue weighted by atomic mass is 14.9. The Morgan fingerprint density at radius 3 is 2.42 bits per heavy atom. The number of fused-ring (bicyclic) bond motifs is 2. The monoisotopic (exact) mass is 265 g/mol. The first-order valence-electron chi connectivity index (χ1n) is 8.96. The lowest BCUT2D eigenvalue weighted by molar-refractivity contribution is 0.244. The summed E-state index contributed by atoms with van der Waals surface area (Å²) in [6, 6.07) is 1.47. The van der Waals surface area contributed by atoms with Crippen molar-refractivity contribution in [3.8, 4) is 0 Å². The van der Waals surface area contributed by atoms with E-state index in [4.69, 9.17) is 0 Å². The predicted molar refractivity (Wildman–Crippen MR) is 84.4 cm³/mol. The average molecular weight is 265 g/mol. The van der Waals surface area contributed by atoms with Gasteiger partial charge in [-0.25, -0.2) is 0 Å². The SMILES string of the molecule is CCCCCCCC(C)NC(C)C1CC2CCC1C2. The molecule has 0 heterocycles. The lowest BCUT2D eigenvalue weighted by Crippen LogP contribution is -2.41. The van der Waals surface area contributed by atoms with Crippen LogP contribution in [0.5, 0.6) is 0 Å². The van der Waals surface area contributed by atoms with Gasteiger partial charge in [0.2, 0.25) is 0 Å². The van der Waals surface area contributed by atoms with Gasteiger partial charge in [0.05, 0.1) is 0 Å². The van der Waals surface area contributed by atoms with E-state index in [1.165, 1.54) is 57.8 Å². The Hall–Kier alpha value is -0.0400. The van der Waals surface area contributed by atoms with Crippen molar-refractivity contribution in [1.29, 1.82) is 0 Å². The Bertz CT molecular complexity index is 250. The molecule has 2 rings (SSSR count). The van der Waals surface area contributed by atoms with E-state index in [0.29, 0.717) is 0 Å². The van der Waals surface area contributed by atoms with E-state index in [1.54, 1.807) is 6.42 Å². The summed E-state index contributed by atoms with van der Waals surface area (Å²) in [6.07, 6.45) is 14.5. The van der Waals surface area contributed by atoms with Crippen LogP contribution in [0.3, 0.4) is 0 Å². The van der Waals surface area contributed by atoms with Gasteiger partial charge in [-0.15, -0.1) is 0 Å². The van der Waals surface area contributed by atoms with E-state index in [2.05, 4.69) is 26.1 Å². The summed E-state index contributed by atoms with van der Waals surface area (Å²) in [5.74, 6) is 3.13. The molecule has 0 aliphatic heterocycles. The van der Waals surface area contributed by atoms with Crippen LogP contribution in [0.1, 0.15) is 85.0 Å². The second-order valence-electron chi connectivity index (χ2n) is 7.40. The highest BCUT2D eigenvalue weighted by molar-refractivity contribution is 4.94. The maximum atomic E-state index is 3.90. The van der Waals surface area contributed by atoms with Gasteiger partial charge in [0.25, 0.3) is 0 Å². The van der Waals surface area contributed by atoms with Gasteiger partial charge in [0.1, 0.15) is 0 Å². The van der Waals surface area contributed by atoms with Crippen LogP contribution < -0.4 is 5.32 Å². The minimum atomic E-state index is 0.718. The van der Waals surface area contributed by atoms with Crippen LogP contribution in [0.15, 0.2) is 0 Å². The molecule has 0 aromatic heterocycles. The summed E-state index contributed by atoms with van der Waals surface area (Å²) in [5.41, 5.74) is 0. The van der Waals surface area contributed by atoms with Crippen LogP contribution in [0, 0.1) is 17.8 Å². The highest BCUT2D eigenvalue weighted by Crippen LogP contribution is 2.49. The topological polar surface area (TPSA) is 12.0 Å². The Labute approximate surface area is 120 Å². The van der Waals surface area contributed by atoms with Crippen molar-refractivity contribution >= 4 is 0 Å². The van der Waals surface area contributed by atoms with Gasteiger partial charge < -0.3 is 5.32 Å². The van der Waals surface area contributed by atoms with Gasteiger partial charge >= 0.3 is 0 Å². The third-order valence-electron chi connectivity index (χ3n) is 5.72. The van der Waals surface area contributed by atoms with Gasteiger partial charge in [0, 0.05) is 12.1 Å².